The molecule has 54 valence electrons. The summed E-state index contributed by atoms with van der Waals surface area (Å²) in [5, 5.41) is 0.363. The Morgan fingerprint density at radius 3 is 2.00 bits per heavy atom. The molecule has 0 aromatic heterocycles. The third-order valence-electron chi connectivity index (χ3n) is 1.98. The molecule has 1 heterocycles. The third-order valence-corrected chi connectivity index (χ3v) is 2.72. The Balaban J connectivity index is 2.23. The largest absolute Gasteiger partial charge is 0.357 e. The van der Waals surface area contributed by atoms with Crippen molar-refractivity contribution in [3.8, 4) is 0 Å². The molecule has 2 unspecified atom stereocenters. The van der Waals surface area contributed by atoms with E-state index in [4.69, 9.17) is 4.74 Å². The monoisotopic (exact) mass is 192 g/mol. The Morgan fingerprint density at radius 2 is 1.89 bits per heavy atom. The quantitative estimate of drug-likeness (QED) is 0.495. The van der Waals surface area contributed by atoms with Gasteiger partial charge in [-0.25, -0.2) is 0 Å². The van der Waals surface area contributed by atoms with Crippen molar-refractivity contribution >= 4 is 15.9 Å². The Morgan fingerprint density at radius 1 is 1.44 bits per heavy atom. The van der Waals surface area contributed by atoms with E-state index in [9.17, 15) is 0 Å². The van der Waals surface area contributed by atoms with Crippen molar-refractivity contribution in [1.29, 1.82) is 0 Å². The molecule has 0 bridgehead atoms. The van der Waals surface area contributed by atoms with Gasteiger partial charge in [-0.1, -0.05) is 42.6 Å². The van der Waals surface area contributed by atoms with Gasteiger partial charge in [0, 0.05) is 0 Å². The van der Waals surface area contributed by atoms with Crippen molar-refractivity contribution in [2.24, 2.45) is 5.92 Å². The van der Waals surface area contributed by atoms with Gasteiger partial charge in [0.2, 0.25) is 0 Å². The molecule has 0 spiro atoms. The fourth-order valence-corrected chi connectivity index (χ4v) is 1.86. The summed E-state index contributed by atoms with van der Waals surface area (Å²) in [5.74, 6) is 0.773. The van der Waals surface area contributed by atoms with Crippen molar-refractivity contribution in [2.45, 2.75) is 37.8 Å². The summed E-state index contributed by atoms with van der Waals surface area (Å²) in [5.41, 5.74) is 0. The zero-order chi connectivity index (χ0) is 6.85. The maximum atomic E-state index is 5.28. The van der Waals surface area contributed by atoms with Gasteiger partial charge in [-0.15, -0.1) is 0 Å². The van der Waals surface area contributed by atoms with E-state index in [0.717, 1.165) is 5.92 Å². The Bertz CT molecular complexity index is 90.9. The molecule has 0 radical (unpaired) electrons. The van der Waals surface area contributed by atoms with Crippen LogP contribution >= 0.6 is 15.9 Å². The van der Waals surface area contributed by atoms with Crippen LogP contribution in [-0.4, -0.2) is 11.1 Å². The average molecular weight is 193 g/mol. The summed E-state index contributed by atoms with van der Waals surface area (Å²) in [6.45, 7) is 4.44. The lowest BCUT2D eigenvalue weighted by Gasteiger charge is -2.05. The Kier molecular flexibility index (Phi) is 2.53. The maximum Gasteiger partial charge on any atom is 0.139 e. The Hall–Kier alpha value is 0.440. The van der Waals surface area contributed by atoms with E-state index in [0.29, 0.717) is 11.1 Å². The van der Waals surface area contributed by atoms with Gasteiger partial charge in [-0.05, 0) is 5.92 Å². The molecule has 1 saturated heterocycles. The molecule has 1 nitrogen and oxygen atoms in total. The van der Waals surface area contributed by atoms with Crippen molar-refractivity contribution < 1.29 is 4.74 Å². The second-order valence-electron chi connectivity index (χ2n) is 2.53. The van der Waals surface area contributed by atoms with Gasteiger partial charge in [-0.3, -0.25) is 0 Å². The predicted molar refractivity (Wildman–Crippen MR) is 41.7 cm³/mol. The summed E-state index contributed by atoms with van der Waals surface area (Å²) in [6, 6.07) is 0. The van der Waals surface area contributed by atoms with E-state index in [-0.39, 0.29) is 0 Å². The van der Waals surface area contributed by atoms with Crippen LogP contribution in [0, 0.1) is 5.92 Å². The number of hydrogen-bond acceptors (Lipinski definition) is 1. The molecule has 0 saturated carbocycles. The zero-order valence-electron chi connectivity index (χ0n) is 5.93. The number of rotatable bonds is 3. The molecule has 1 rings (SSSR count). The van der Waals surface area contributed by atoms with Gasteiger partial charge in [0.1, 0.15) is 5.01 Å². The minimum Gasteiger partial charge on any atom is -0.357 e. The second-order valence-corrected chi connectivity index (χ2v) is 3.43. The highest BCUT2D eigenvalue weighted by Crippen LogP contribution is 2.36. The first-order valence-electron chi connectivity index (χ1n) is 3.59. The molecule has 0 amide bonds. The molecule has 2 atom stereocenters. The van der Waals surface area contributed by atoms with Gasteiger partial charge in [0.15, 0.2) is 0 Å². The van der Waals surface area contributed by atoms with Crippen LogP contribution < -0.4 is 0 Å². The van der Waals surface area contributed by atoms with Gasteiger partial charge in [0.05, 0.1) is 6.10 Å². The highest BCUT2D eigenvalue weighted by molar-refractivity contribution is 9.09. The van der Waals surface area contributed by atoms with Gasteiger partial charge in [0.25, 0.3) is 0 Å². The van der Waals surface area contributed by atoms with Crippen LogP contribution in [0.3, 0.4) is 0 Å². The van der Waals surface area contributed by atoms with E-state index in [1.807, 2.05) is 0 Å². The molecule has 1 aliphatic heterocycles. The zero-order valence-corrected chi connectivity index (χ0v) is 7.52. The van der Waals surface area contributed by atoms with Crippen LogP contribution in [0.15, 0.2) is 0 Å². The van der Waals surface area contributed by atoms with Crippen LogP contribution in [-0.2, 0) is 4.74 Å². The van der Waals surface area contributed by atoms with E-state index < -0.39 is 0 Å². The van der Waals surface area contributed by atoms with Crippen LogP contribution in [0.5, 0.6) is 0 Å². The molecule has 0 aromatic carbocycles. The SMILES string of the molecule is CCC(CC)C1OC1Br. The molecular formula is C7H13BrO. The van der Waals surface area contributed by atoms with Crippen LogP contribution in [0.4, 0.5) is 0 Å². The van der Waals surface area contributed by atoms with Crippen molar-refractivity contribution in [3.63, 3.8) is 0 Å². The predicted octanol–water partition coefficient (Wildman–Crippen LogP) is 2.54. The lowest BCUT2D eigenvalue weighted by molar-refractivity contribution is 0.314. The van der Waals surface area contributed by atoms with E-state index >= 15 is 0 Å². The molecular weight excluding hydrogens is 180 g/mol. The molecule has 1 aliphatic rings. The molecule has 0 N–H and O–H groups in total. The number of halogens is 1. The number of alkyl halides is 1. The van der Waals surface area contributed by atoms with E-state index in [2.05, 4.69) is 29.8 Å². The lowest BCUT2D eigenvalue weighted by Crippen LogP contribution is -2.05. The summed E-state index contributed by atoms with van der Waals surface area (Å²) in [4.78, 5) is 0. The number of hydrogen-bond donors (Lipinski definition) is 0. The summed E-state index contributed by atoms with van der Waals surface area (Å²) < 4.78 is 5.28. The maximum absolute atomic E-state index is 5.28. The second kappa shape index (κ2) is 3.02. The first-order chi connectivity index (χ1) is 4.29. The van der Waals surface area contributed by atoms with Crippen LogP contribution in [0.2, 0.25) is 0 Å². The van der Waals surface area contributed by atoms with E-state index in [1.165, 1.54) is 12.8 Å². The molecule has 0 aromatic rings. The highest BCUT2D eigenvalue weighted by atomic mass is 79.9. The van der Waals surface area contributed by atoms with Crippen molar-refractivity contribution in [3.05, 3.63) is 0 Å². The minimum absolute atomic E-state index is 0.363. The Labute approximate surface area is 64.9 Å². The van der Waals surface area contributed by atoms with Gasteiger partial charge in [-0.2, -0.15) is 0 Å². The summed E-state index contributed by atoms with van der Waals surface area (Å²) in [7, 11) is 0. The fraction of sp³-hybridized carbons (Fsp3) is 1.00. The highest BCUT2D eigenvalue weighted by Gasteiger charge is 2.40. The standard InChI is InChI=1S/C7H13BrO/c1-3-5(4-2)6-7(8)9-6/h5-7H,3-4H2,1-2H3. The minimum atomic E-state index is 0.363. The van der Waals surface area contributed by atoms with Gasteiger partial charge >= 0.3 is 0 Å². The number of ether oxygens (including phenoxy) is 1. The first kappa shape index (κ1) is 7.55. The summed E-state index contributed by atoms with van der Waals surface area (Å²) >= 11 is 3.41. The first-order valence-corrected chi connectivity index (χ1v) is 4.50. The van der Waals surface area contributed by atoms with Crippen molar-refractivity contribution in [2.75, 3.05) is 0 Å². The third kappa shape index (κ3) is 1.68. The van der Waals surface area contributed by atoms with Crippen LogP contribution in [0.25, 0.3) is 0 Å². The molecule has 2 heteroatoms. The molecule has 0 aliphatic carbocycles. The van der Waals surface area contributed by atoms with Crippen molar-refractivity contribution in [1.82, 2.24) is 0 Å². The lowest BCUT2D eigenvalue weighted by atomic mass is 10.0. The molecule has 1 fully saturated rings. The molecule has 9 heavy (non-hydrogen) atoms. The smallest absolute Gasteiger partial charge is 0.139 e. The normalized spacial score (nSPS) is 33.3. The number of epoxide rings is 1. The van der Waals surface area contributed by atoms with E-state index in [1.54, 1.807) is 0 Å². The summed E-state index contributed by atoms with van der Waals surface area (Å²) in [6.07, 6.45) is 2.99. The topological polar surface area (TPSA) is 12.5 Å². The average Bonchev–Trinajstić information content (AvgIpc) is 2.51. The fourth-order valence-electron chi connectivity index (χ4n) is 1.18. The van der Waals surface area contributed by atoms with Gasteiger partial charge < -0.3 is 4.74 Å². The van der Waals surface area contributed by atoms with Crippen LogP contribution in [0.1, 0.15) is 26.7 Å².